The molecule has 1 aliphatic rings. The van der Waals surface area contributed by atoms with Gasteiger partial charge in [0.25, 0.3) is 11.1 Å². The Morgan fingerprint density at radius 2 is 1.89 bits per heavy atom. The van der Waals surface area contributed by atoms with Crippen LogP contribution in [0.4, 0.5) is 4.79 Å². The van der Waals surface area contributed by atoms with Crippen LogP contribution in [0, 0.1) is 20.8 Å². The Balaban J connectivity index is 2.50. The van der Waals surface area contributed by atoms with Crippen LogP contribution in [0.5, 0.6) is 5.75 Å². The third kappa shape index (κ3) is 2.13. The van der Waals surface area contributed by atoms with Gasteiger partial charge in [-0.1, -0.05) is 0 Å². The first-order valence-electron chi connectivity index (χ1n) is 5.44. The molecule has 0 atom stereocenters. The van der Waals surface area contributed by atoms with E-state index in [1.54, 1.807) is 19.1 Å². The van der Waals surface area contributed by atoms with Gasteiger partial charge in [0.15, 0.2) is 0 Å². The monoisotopic (exact) mass is 263 g/mol. The van der Waals surface area contributed by atoms with E-state index in [0.717, 1.165) is 34.0 Å². The zero-order valence-corrected chi connectivity index (χ0v) is 11.1. The molecular formula is C13H13NO3S. The van der Waals surface area contributed by atoms with Crippen LogP contribution in [-0.2, 0) is 4.79 Å². The SMILES string of the molecule is Cc1cc(C=C2SC(=O)NC2=O)c(C)c(C)c1O. The van der Waals surface area contributed by atoms with Crippen molar-refractivity contribution in [1.29, 1.82) is 0 Å². The summed E-state index contributed by atoms with van der Waals surface area (Å²) >= 11 is 0.892. The van der Waals surface area contributed by atoms with Crippen LogP contribution >= 0.6 is 11.8 Å². The molecule has 0 aliphatic carbocycles. The fraction of sp³-hybridized carbons (Fsp3) is 0.231. The minimum Gasteiger partial charge on any atom is -0.507 e. The van der Waals surface area contributed by atoms with E-state index in [0.29, 0.717) is 4.91 Å². The smallest absolute Gasteiger partial charge is 0.290 e. The quantitative estimate of drug-likeness (QED) is 0.764. The molecule has 2 amide bonds. The van der Waals surface area contributed by atoms with Crippen molar-refractivity contribution < 1.29 is 14.7 Å². The number of carbonyl (C=O) groups excluding carboxylic acids is 2. The molecule has 0 unspecified atom stereocenters. The zero-order valence-electron chi connectivity index (χ0n) is 10.3. The van der Waals surface area contributed by atoms with Crippen molar-refractivity contribution in [3.05, 3.63) is 33.2 Å². The second-order valence-corrected chi connectivity index (χ2v) is 5.25. The Hall–Kier alpha value is -1.75. The molecular weight excluding hydrogens is 250 g/mol. The molecule has 0 radical (unpaired) electrons. The fourth-order valence-corrected chi connectivity index (χ4v) is 2.49. The van der Waals surface area contributed by atoms with Crippen LogP contribution in [0.1, 0.15) is 22.3 Å². The van der Waals surface area contributed by atoms with E-state index in [1.165, 1.54) is 0 Å². The molecule has 1 fully saturated rings. The van der Waals surface area contributed by atoms with E-state index < -0.39 is 0 Å². The lowest BCUT2D eigenvalue weighted by molar-refractivity contribution is -0.115. The molecule has 1 aromatic carbocycles. The van der Waals surface area contributed by atoms with Crippen molar-refractivity contribution in [3.8, 4) is 5.75 Å². The lowest BCUT2D eigenvalue weighted by Crippen LogP contribution is -2.17. The third-order valence-electron chi connectivity index (χ3n) is 3.02. The number of thioether (sulfide) groups is 1. The summed E-state index contributed by atoms with van der Waals surface area (Å²) in [5.41, 5.74) is 3.28. The number of benzene rings is 1. The van der Waals surface area contributed by atoms with Gasteiger partial charge in [-0.3, -0.25) is 14.9 Å². The molecule has 1 aromatic rings. The minimum atomic E-state index is -0.368. The first-order valence-corrected chi connectivity index (χ1v) is 6.26. The Kier molecular flexibility index (Phi) is 3.17. The first-order chi connectivity index (χ1) is 8.40. The van der Waals surface area contributed by atoms with Crippen molar-refractivity contribution in [1.82, 2.24) is 5.32 Å². The molecule has 5 heteroatoms. The van der Waals surface area contributed by atoms with Crippen LogP contribution in [0.25, 0.3) is 6.08 Å². The molecule has 0 aromatic heterocycles. The molecule has 1 aliphatic heterocycles. The summed E-state index contributed by atoms with van der Waals surface area (Å²) in [6.07, 6.45) is 1.68. The molecule has 4 nitrogen and oxygen atoms in total. The van der Waals surface area contributed by atoms with Crippen molar-refractivity contribution in [2.45, 2.75) is 20.8 Å². The largest absolute Gasteiger partial charge is 0.507 e. The van der Waals surface area contributed by atoms with E-state index in [4.69, 9.17) is 0 Å². The molecule has 1 heterocycles. The highest BCUT2D eigenvalue weighted by Gasteiger charge is 2.25. The van der Waals surface area contributed by atoms with E-state index in [1.807, 2.05) is 13.8 Å². The number of phenols is 1. The average molecular weight is 263 g/mol. The van der Waals surface area contributed by atoms with Crippen LogP contribution in [0.15, 0.2) is 11.0 Å². The summed E-state index contributed by atoms with van der Waals surface area (Å²) in [5, 5.41) is 11.7. The topological polar surface area (TPSA) is 66.4 Å². The lowest BCUT2D eigenvalue weighted by Gasteiger charge is -2.10. The third-order valence-corrected chi connectivity index (χ3v) is 3.84. The van der Waals surface area contributed by atoms with E-state index in [9.17, 15) is 14.7 Å². The summed E-state index contributed by atoms with van der Waals surface area (Å²) in [4.78, 5) is 22.9. The van der Waals surface area contributed by atoms with Gasteiger partial charge in [-0.15, -0.1) is 0 Å². The number of aromatic hydroxyl groups is 1. The fourth-order valence-electron chi connectivity index (χ4n) is 1.81. The average Bonchev–Trinajstić information content (AvgIpc) is 2.62. The van der Waals surface area contributed by atoms with Crippen LogP contribution < -0.4 is 5.32 Å². The Morgan fingerprint density at radius 1 is 1.22 bits per heavy atom. The highest BCUT2D eigenvalue weighted by atomic mass is 32.2. The molecule has 0 spiro atoms. The highest BCUT2D eigenvalue weighted by molar-refractivity contribution is 8.18. The van der Waals surface area contributed by atoms with E-state index >= 15 is 0 Å². The summed E-state index contributed by atoms with van der Waals surface area (Å²) in [5.74, 6) is -0.0953. The number of rotatable bonds is 1. The number of carbonyl (C=O) groups is 2. The van der Waals surface area contributed by atoms with Gasteiger partial charge in [-0.05, 0) is 66.9 Å². The Bertz CT molecular complexity index is 590. The predicted molar refractivity (Wildman–Crippen MR) is 71.4 cm³/mol. The van der Waals surface area contributed by atoms with Crippen LogP contribution in [-0.4, -0.2) is 16.3 Å². The maximum atomic E-state index is 11.5. The Morgan fingerprint density at radius 3 is 2.44 bits per heavy atom. The molecule has 0 bridgehead atoms. The van der Waals surface area contributed by atoms with Gasteiger partial charge in [-0.2, -0.15) is 0 Å². The minimum absolute atomic E-state index is 0.272. The van der Waals surface area contributed by atoms with E-state index in [-0.39, 0.29) is 16.9 Å². The summed E-state index contributed by atoms with van der Waals surface area (Å²) in [7, 11) is 0. The maximum Gasteiger partial charge on any atom is 0.290 e. The predicted octanol–water partition coefficient (Wildman–Crippen LogP) is 2.64. The van der Waals surface area contributed by atoms with Gasteiger partial charge in [0.05, 0.1) is 4.91 Å². The van der Waals surface area contributed by atoms with E-state index in [2.05, 4.69) is 5.32 Å². The number of amides is 2. The van der Waals surface area contributed by atoms with Crippen LogP contribution in [0.2, 0.25) is 0 Å². The van der Waals surface area contributed by atoms with Crippen LogP contribution in [0.3, 0.4) is 0 Å². The number of aryl methyl sites for hydroxylation is 1. The number of phenolic OH excluding ortho intramolecular Hbond substituents is 1. The highest BCUT2D eigenvalue weighted by Crippen LogP contribution is 2.31. The summed E-state index contributed by atoms with van der Waals surface area (Å²) < 4.78 is 0. The van der Waals surface area contributed by atoms with Crippen molar-refractivity contribution >= 4 is 29.0 Å². The maximum absolute atomic E-state index is 11.5. The normalized spacial score (nSPS) is 17.4. The van der Waals surface area contributed by atoms with Crippen molar-refractivity contribution in [3.63, 3.8) is 0 Å². The second-order valence-electron chi connectivity index (χ2n) is 4.23. The number of nitrogens with one attached hydrogen (secondary N) is 1. The number of hydrogen-bond acceptors (Lipinski definition) is 4. The zero-order chi connectivity index (χ0) is 13.4. The number of imide groups is 1. The molecule has 94 valence electrons. The van der Waals surface area contributed by atoms with Gasteiger partial charge >= 0.3 is 0 Å². The summed E-state index contributed by atoms with van der Waals surface area (Å²) in [6.45, 7) is 5.50. The molecule has 1 saturated heterocycles. The van der Waals surface area contributed by atoms with Gasteiger partial charge in [0.2, 0.25) is 0 Å². The first kappa shape index (κ1) is 12.7. The lowest BCUT2D eigenvalue weighted by atomic mass is 9.98. The van der Waals surface area contributed by atoms with Crippen molar-refractivity contribution in [2.75, 3.05) is 0 Å². The van der Waals surface area contributed by atoms with Gasteiger partial charge in [0, 0.05) is 0 Å². The molecule has 18 heavy (non-hydrogen) atoms. The Labute approximate surface area is 109 Å². The van der Waals surface area contributed by atoms with Gasteiger partial charge in [-0.25, -0.2) is 0 Å². The standard InChI is InChI=1S/C13H13NO3S/c1-6-4-9(7(2)8(3)11(6)15)5-10-12(16)14-13(17)18-10/h4-5,15H,1-3H3,(H,14,16,17). The second kappa shape index (κ2) is 4.49. The van der Waals surface area contributed by atoms with Gasteiger partial charge < -0.3 is 5.11 Å². The molecule has 2 rings (SSSR count). The summed E-state index contributed by atoms with van der Waals surface area (Å²) in [6, 6.07) is 1.81. The number of hydrogen-bond donors (Lipinski definition) is 2. The van der Waals surface area contributed by atoms with Crippen molar-refractivity contribution in [2.24, 2.45) is 0 Å². The van der Waals surface area contributed by atoms with Gasteiger partial charge in [0.1, 0.15) is 5.75 Å². The molecule has 2 N–H and O–H groups in total. The molecule has 0 saturated carbocycles.